The van der Waals surface area contributed by atoms with Gasteiger partial charge in [0.05, 0.1) is 13.2 Å². The summed E-state index contributed by atoms with van der Waals surface area (Å²) in [6, 6.07) is 2.04. The molecule has 154 valence electrons. The van der Waals surface area contributed by atoms with Crippen LogP contribution in [0.3, 0.4) is 0 Å². The van der Waals surface area contributed by atoms with Crippen LogP contribution < -0.4 is 0 Å². The minimum Gasteiger partial charge on any atom is -0.379 e. The zero-order valence-corrected chi connectivity index (χ0v) is 17.1. The summed E-state index contributed by atoms with van der Waals surface area (Å²) < 4.78 is 5.39. The van der Waals surface area contributed by atoms with Crippen LogP contribution in [0.5, 0.6) is 0 Å². The van der Waals surface area contributed by atoms with Crippen molar-refractivity contribution in [3.63, 3.8) is 0 Å². The Morgan fingerprint density at radius 1 is 1.11 bits per heavy atom. The molecule has 1 atom stereocenters. The SMILES string of the molecule is [C-]#[N+]C(C#N)C(=NCCCN1CCOCC1)N1CCC(N2CCCCC2)CC1. The van der Waals surface area contributed by atoms with Gasteiger partial charge in [0.15, 0.2) is 11.9 Å². The van der Waals surface area contributed by atoms with Gasteiger partial charge in [-0.3, -0.25) is 14.7 Å². The van der Waals surface area contributed by atoms with Crippen LogP contribution >= 0.6 is 0 Å². The Morgan fingerprint density at radius 3 is 2.46 bits per heavy atom. The van der Waals surface area contributed by atoms with Crippen molar-refractivity contribution in [2.75, 3.05) is 65.6 Å². The summed E-state index contributed by atoms with van der Waals surface area (Å²) in [6.07, 6.45) is 7.20. The normalized spacial score (nSPS) is 24.5. The van der Waals surface area contributed by atoms with E-state index in [0.717, 1.165) is 65.2 Å². The first kappa shape index (κ1) is 21.0. The van der Waals surface area contributed by atoms with E-state index in [4.69, 9.17) is 16.3 Å². The number of nitrogens with zero attached hydrogens (tertiary/aromatic N) is 6. The molecule has 0 spiro atoms. The van der Waals surface area contributed by atoms with Crippen molar-refractivity contribution in [1.82, 2.24) is 14.7 Å². The van der Waals surface area contributed by atoms with Crippen molar-refractivity contribution in [3.8, 4) is 6.07 Å². The molecule has 3 fully saturated rings. The highest BCUT2D eigenvalue weighted by Gasteiger charge is 2.31. The van der Waals surface area contributed by atoms with E-state index in [1.54, 1.807) is 0 Å². The highest BCUT2D eigenvalue weighted by molar-refractivity contribution is 5.91. The molecule has 3 aliphatic heterocycles. The summed E-state index contributed by atoms with van der Waals surface area (Å²) in [7, 11) is 0. The maximum atomic E-state index is 9.44. The van der Waals surface area contributed by atoms with E-state index < -0.39 is 6.04 Å². The van der Waals surface area contributed by atoms with Gasteiger partial charge in [-0.1, -0.05) is 6.42 Å². The van der Waals surface area contributed by atoms with Crippen LogP contribution in [0.2, 0.25) is 0 Å². The Morgan fingerprint density at radius 2 is 1.82 bits per heavy atom. The van der Waals surface area contributed by atoms with Gasteiger partial charge in [-0.15, -0.1) is 0 Å². The van der Waals surface area contributed by atoms with Gasteiger partial charge in [0.2, 0.25) is 0 Å². The third kappa shape index (κ3) is 5.91. The molecular weight excluding hydrogens is 352 g/mol. The molecule has 3 heterocycles. The van der Waals surface area contributed by atoms with Gasteiger partial charge in [-0.05, 0) is 45.2 Å². The lowest BCUT2D eigenvalue weighted by atomic mass is 9.99. The summed E-state index contributed by atoms with van der Waals surface area (Å²) in [5, 5.41) is 9.44. The van der Waals surface area contributed by atoms with Gasteiger partial charge in [0.25, 0.3) is 0 Å². The first-order valence-electron chi connectivity index (χ1n) is 10.9. The van der Waals surface area contributed by atoms with Gasteiger partial charge in [-0.25, -0.2) is 6.57 Å². The van der Waals surface area contributed by atoms with Crippen LogP contribution in [-0.2, 0) is 4.74 Å². The minimum absolute atomic E-state index is 0.660. The van der Waals surface area contributed by atoms with Gasteiger partial charge >= 0.3 is 6.04 Å². The predicted molar refractivity (Wildman–Crippen MR) is 110 cm³/mol. The molecule has 7 nitrogen and oxygen atoms in total. The average molecular weight is 387 g/mol. The molecule has 0 aromatic heterocycles. The maximum Gasteiger partial charge on any atom is 0.363 e. The zero-order valence-electron chi connectivity index (χ0n) is 17.1. The van der Waals surface area contributed by atoms with Crippen molar-refractivity contribution in [3.05, 3.63) is 11.4 Å². The van der Waals surface area contributed by atoms with Crippen LogP contribution in [0, 0.1) is 17.9 Å². The Balaban J connectivity index is 1.51. The summed E-state index contributed by atoms with van der Waals surface area (Å²) in [4.78, 5) is 15.5. The number of amidine groups is 1. The molecule has 28 heavy (non-hydrogen) atoms. The monoisotopic (exact) mass is 386 g/mol. The Kier molecular flexibility index (Phi) is 8.54. The molecule has 0 radical (unpaired) electrons. The lowest BCUT2D eigenvalue weighted by molar-refractivity contribution is 0.0377. The Hall–Kier alpha value is -1.67. The smallest absolute Gasteiger partial charge is 0.363 e. The van der Waals surface area contributed by atoms with E-state index >= 15 is 0 Å². The molecule has 3 rings (SSSR count). The molecule has 3 saturated heterocycles. The fraction of sp³-hybridized carbons (Fsp3) is 0.857. The number of likely N-dealkylation sites (tertiary alicyclic amines) is 2. The Labute approximate surface area is 169 Å². The Bertz CT molecular complexity index is 561. The van der Waals surface area contributed by atoms with Gasteiger partial charge in [0, 0.05) is 45.3 Å². The fourth-order valence-electron chi connectivity index (χ4n) is 4.56. The second-order valence-electron chi connectivity index (χ2n) is 8.02. The van der Waals surface area contributed by atoms with Gasteiger partial charge in [0.1, 0.15) is 0 Å². The highest BCUT2D eigenvalue weighted by Crippen LogP contribution is 2.22. The highest BCUT2D eigenvalue weighted by atomic mass is 16.5. The minimum atomic E-state index is -0.769. The molecule has 1 unspecified atom stereocenters. The number of hydrogen-bond acceptors (Lipinski definition) is 5. The summed E-state index contributed by atoms with van der Waals surface area (Å²) >= 11 is 0. The van der Waals surface area contributed by atoms with Crippen LogP contribution in [0.1, 0.15) is 38.5 Å². The van der Waals surface area contributed by atoms with E-state index in [-0.39, 0.29) is 0 Å². The van der Waals surface area contributed by atoms with E-state index in [2.05, 4.69) is 25.6 Å². The summed E-state index contributed by atoms with van der Waals surface area (Å²) in [5.74, 6) is 0.705. The summed E-state index contributed by atoms with van der Waals surface area (Å²) in [6.45, 7) is 17.0. The first-order valence-corrected chi connectivity index (χ1v) is 10.9. The van der Waals surface area contributed by atoms with Gasteiger partial charge < -0.3 is 14.5 Å². The number of rotatable bonds is 6. The van der Waals surface area contributed by atoms with Crippen LogP contribution in [0.25, 0.3) is 4.85 Å². The van der Waals surface area contributed by atoms with Crippen LogP contribution in [0.4, 0.5) is 0 Å². The topological polar surface area (TPSA) is 59.5 Å². The molecule has 0 saturated carbocycles. The van der Waals surface area contributed by atoms with Crippen molar-refractivity contribution in [1.29, 1.82) is 5.26 Å². The van der Waals surface area contributed by atoms with Crippen molar-refractivity contribution in [2.45, 2.75) is 50.6 Å². The largest absolute Gasteiger partial charge is 0.379 e. The number of morpholine rings is 1. The molecule has 0 aromatic carbocycles. The van der Waals surface area contributed by atoms with Gasteiger partial charge in [-0.2, -0.15) is 5.26 Å². The molecule has 0 amide bonds. The molecule has 7 heteroatoms. The number of nitriles is 1. The molecular formula is C21H34N6O. The maximum absolute atomic E-state index is 9.44. The van der Waals surface area contributed by atoms with E-state index in [0.29, 0.717) is 18.4 Å². The van der Waals surface area contributed by atoms with Crippen molar-refractivity contribution >= 4 is 5.84 Å². The third-order valence-electron chi connectivity index (χ3n) is 6.20. The van der Waals surface area contributed by atoms with E-state index in [9.17, 15) is 5.26 Å². The zero-order chi connectivity index (χ0) is 19.6. The quantitative estimate of drug-likeness (QED) is 0.302. The first-order chi connectivity index (χ1) is 13.8. The molecule has 0 aromatic rings. The second-order valence-corrected chi connectivity index (χ2v) is 8.02. The number of ether oxygens (including phenoxy) is 1. The fourth-order valence-corrected chi connectivity index (χ4v) is 4.56. The lowest BCUT2D eigenvalue weighted by Crippen LogP contribution is -2.49. The van der Waals surface area contributed by atoms with E-state index in [1.165, 1.54) is 32.4 Å². The average Bonchev–Trinajstić information content (AvgIpc) is 2.77. The molecule has 3 aliphatic rings. The lowest BCUT2D eigenvalue weighted by Gasteiger charge is -2.40. The van der Waals surface area contributed by atoms with E-state index in [1.807, 2.05) is 0 Å². The van der Waals surface area contributed by atoms with Crippen LogP contribution in [0.15, 0.2) is 4.99 Å². The second kappa shape index (κ2) is 11.4. The number of piperidine rings is 2. The van der Waals surface area contributed by atoms with Crippen molar-refractivity contribution in [2.24, 2.45) is 4.99 Å². The summed E-state index contributed by atoms with van der Waals surface area (Å²) in [5.41, 5.74) is 0. The van der Waals surface area contributed by atoms with Crippen LogP contribution in [-0.4, -0.2) is 98.2 Å². The van der Waals surface area contributed by atoms with Crippen molar-refractivity contribution < 1.29 is 4.74 Å². The molecule has 0 N–H and O–H groups in total. The molecule has 0 aliphatic carbocycles. The number of hydrogen-bond donors (Lipinski definition) is 0. The standard InChI is InChI=1S/C21H34N6O/c1-23-20(18-22)21(24-8-5-9-25-14-16-28-17-15-25)27-12-6-19(7-13-27)26-10-3-2-4-11-26/h19-20H,2-17H2. The molecule has 0 bridgehead atoms. The third-order valence-corrected chi connectivity index (χ3v) is 6.20. The predicted octanol–water partition coefficient (Wildman–Crippen LogP) is 1.87. The number of aliphatic imine (C=N–C) groups is 1.